The van der Waals surface area contributed by atoms with Gasteiger partial charge in [-0.15, -0.1) is 0 Å². The predicted molar refractivity (Wildman–Crippen MR) is 50.2 cm³/mol. The van der Waals surface area contributed by atoms with Crippen LogP contribution in [-0.2, 0) is 9.59 Å². The molecule has 76 valence electrons. The zero-order valence-electron chi connectivity index (χ0n) is 8.16. The second kappa shape index (κ2) is 2.38. The minimum absolute atomic E-state index is 0.161. The molecule has 0 saturated heterocycles. The maximum atomic E-state index is 12.0. The predicted octanol–water partition coefficient (Wildman–Crippen LogP) is 0.867. The largest absolute Gasteiger partial charge is 0.369 e. The van der Waals surface area contributed by atoms with Crippen LogP contribution in [0.2, 0.25) is 0 Å². The van der Waals surface area contributed by atoms with E-state index in [2.05, 4.69) is 0 Å². The molecule has 0 aliphatic heterocycles. The molecule has 2 N–H and O–H groups in total. The molecular weight excluding hydrogens is 178 g/mol. The topological polar surface area (TPSA) is 60.2 Å². The van der Waals surface area contributed by atoms with Crippen LogP contribution in [0.15, 0.2) is 0 Å². The number of amides is 1. The number of carbonyl (C=O) groups is 2. The van der Waals surface area contributed by atoms with Crippen LogP contribution in [0.25, 0.3) is 0 Å². The molecule has 2 unspecified atom stereocenters. The molecule has 3 heteroatoms. The van der Waals surface area contributed by atoms with Crippen LogP contribution >= 0.6 is 0 Å². The molecule has 4 aliphatic carbocycles. The third-order valence-electron chi connectivity index (χ3n) is 4.49. The fourth-order valence-corrected chi connectivity index (χ4v) is 4.10. The standard InChI is InChI=1S/C11H15NO2/c12-10(14)11-4-6-1-7(5-11)3-8(2-6)9(11)13/h6-8H,1-5H2,(H2,12,14). The average Bonchev–Trinajstić information content (AvgIpc) is 2.12. The van der Waals surface area contributed by atoms with Gasteiger partial charge in [0, 0.05) is 5.92 Å². The highest BCUT2D eigenvalue weighted by molar-refractivity contribution is 6.07. The van der Waals surface area contributed by atoms with Gasteiger partial charge in [0.15, 0.2) is 5.78 Å². The summed E-state index contributed by atoms with van der Waals surface area (Å²) in [6, 6.07) is 0. The van der Waals surface area contributed by atoms with Gasteiger partial charge in [-0.1, -0.05) is 0 Å². The normalized spacial score (nSPS) is 49.7. The number of ketones is 1. The summed E-state index contributed by atoms with van der Waals surface area (Å²) >= 11 is 0. The lowest BCUT2D eigenvalue weighted by Gasteiger charge is -2.53. The van der Waals surface area contributed by atoms with Gasteiger partial charge in [-0.3, -0.25) is 9.59 Å². The zero-order valence-corrected chi connectivity index (χ0v) is 8.16. The second-order valence-electron chi connectivity index (χ2n) is 5.35. The number of carbonyl (C=O) groups excluding carboxylic acids is 2. The van der Waals surface area contributed by atoms with Crippen LogP contribution in [0, 0.1) is 23.2 Å². The lowest BCUT2D eigenvalue weighted by molar-refractivity contribution is -0.160. The second-order valence-corrected chi connectivity index (χ2v) is 5.35. The van der Waals surface area contributed by atoms with E-state index in [9.17, 15) is 9.59 Å². The number of Topliss-reactive ketones (excluding diaryl/α,β-unsaturated/α-hetero) is 1. The quantitative estimate of drug-likeness (QED) is 0.628. The van der Waals surface area contributed by atoms with Crippen LogP contribution in [0.3, 0.4) is 0 Å². The van der Waals surface area contributed by atoms with Crippen molar-refractivity contribution in [1.29, 1.82) is 0 Å². The van der Waals surface area contributed by atoms with Crippen LogP contribution in [-0.4, -0.2) is 11.7 Å². The van der Waals surface area contributed by atoms with E-state index in [1.807, 2.05) is 0 Å². The summed E-state index contributed by atoms with van der Waals surface area (Å²) in [5.41, 5.74) is 4.68. The highest BCUT2D eigenvalue weighted by atomic mass is 16.2. The Hall–Kier alpha value is -0.860. The van der Waals surface area contributed by atoms with Crippen molar-refractivity contribution in [3.8, 4) is 0 Å². The third kappa shape index (κ3) is 0.830. The van der Waals surface area contributed by atoms with Crippen LogP contribution in [0.1, 0.15) is 32.1 Å². The van der Waals surface area contributed by atoms with Crippen LogP contribution in [0.4, 0.5) is 0 Å². The van der Waals surface area contributed by atoms with Gasteiger partial charge < -0.3 is 5.73 Å². The Labute approximate surface area is 83.0 Å². The van der Waals surface area contributed by atoms with E-state index in [0.717, 1.165) is 25.7 Å². The van der Waals surface area contributed by atoms with Crippen molar-refractivity contribution in [1.82, 2.24) is 0 Å². The van der Waals surface area contributed by atoms with Crippen molar-refractivity contribution in [3.05, 3.63) is 0 Å². The van der Waals surface area contributed by atoms with Crippen LogP contribution < -0.4 is 5.73 Å². The Balaban J connectivity index is 2.05. The molecule has 0 radical (unpaired) electrons. The molecule has 4 bridgehead atoms. The minimum Gasteiger partial charge on any atom is -0.369 e. The maximum Gasteiger partial charge on any atom is 0.231 e. The lowest BCUT2D eigenvalue weighted by atomic mass is 9.49. The summed E-state index contributed by atoms with van der Waals surface area (Å²) < 4.78 is 0. The Morgan fingerprint density at radius 2 is 1.79 bits per heavy atom. The van der Waals surface area contributed by atoms with E-state index in [-0.39, 0.29) is 17.6 Å². The third-order valence-corrected chi connectivity index (χ3v) is 4.49. The van der Waals surface area contributed by atoms with Crippen molar-refractivity contribution in [3.63, 3.8) is 0 Å². The maximum absolute atomic E-state index is 12.0. The van der Waals surface area contributed by atoms with Gasteiger partial charge in [0.2, 0.25) is 5.91 Å². The van der Waals surface area contributed by atoms with Gasteiger partial charge in [-0.2, -0.15) is 0 Å². The number of rotatable bonds is 1. The first-order valence-electron chi connectivity index (χ1n) is 5.46. The van der Waals surface area contributed by atoms with Crippen molar-refractivity contribution in [2.45, 2.75) is 32.1 Å². The SMILES string of the molecule is NC(=O)C12CC3CC(CC(C3)C1=O)C2. The molecule has 4 saturated carbocycles. The summed E-state index contributed by atoms with van der Waals surface area (Å²) in [7, 11) is 0. The van der Waals surface area contributed by atoms with E-state index < -0.39 is 5.41 Å². The van der Waals surface area contributed by atoms with E-state index in [0.29, 0.717) is 11.8 Å². The molecular formula is C11H15NO2. The number of primary amides is 1. The molecule has 0 spiro atoms. The van der Waals surface area contributed by atoms with E-state index in [1.165, 1.54) is 6.42 Å². The molecule has 1 amide bonds. The molecule has 4 rings (SSSR count). The van der Waals surface area contributed by atoms with Crippen LogP contribution in [0.5, 0.6) is 0 Å². The first-order chi connectivity index (χ1) is 6.62. The summed E-state index contributed by atoms with van der Waals surface area (Å²) in [6.45, 7) is 0. The van der Waals surface area contributed by atoms with Gasteiger partial charge in [0.25, 0.3) is 0 Å². The Morgan fingerprint density at radius 3 is 2.29 bits per heavy atom. The van der Waals surface area contributed by atoms with Crippen molar-refractivity contribution in [2.24, 2.45) is 28.9 Å². The van der Waals surface area contributed by atoms with Crippen molar-refractivity contribution >= 4 is 11.7 Å². The van der Waals surface area contributed by atoms with Gasteiger partial charge in [-0.25, -0.2) is 0 Å². The number of hydrogen-bond acceptors (Lipinski definition) is 2. The Bertz CT molecular complexity index is 309. The Kier molecular flexibility index (Phi) is 1.44. The summed E-state index contributed by atoms with van der Waals surface area (Å²) in [4.78, 5) is 23.5. The fourth-order valence-electron chi connectivity index (χ4n) is 4.10. The molecule has 0 aromatic heterocycles. The zero-order chi connectivity index (χ0) is 9.92. The van der Waals surface area contributed by atoms with Gasteiger partial charge >= 0.3 is 0 Å². The monoisotopic (exact) mass is 193 g/mol. The molecule has 0 aromatic carbocycles. The molecule has 4 aliphatic rings. The molecule has 14 heavy (non-hydrogen) atoms. The average molecular weight is 193 g/mol. The van der Waals surface area contributed by atoms with Crippen molar-refractivity contribution < 1.29 is 9.59 Å². The summed E-state index contributed by atoms with van der Waals surface area (Å²) in [5.74, 6) is 1.16. The highest BCUT2D eigenvalue weighted by Gasteiger charge is 2.59. The van der Waals surface area contributed by atoms with Gasteiger partial charge in [0.1, 0.15) is 5.41 Å². The molecule has 2 atom stereocenters. The lowest BCUT2D eigenvalue weighted by Crippen LogP contribution is -2.58. The van der Waals surface area contributed by atoms with Crippen molar-refractivity contribution in [2.75, 3.05) is 0 Å². The number of hydrogen-bond donors (Lipinski definition) is 1. The van der Waals surface area contributed by atoms with E-state index in [1.54, 1.807) is 0 Å². The Morgan fingerprint density at radius 1 is 1.21 bits per heavy atom. The summed E-state index contributed by atoms with van der Waals surface area (Å²) in [5, 5.41) is 0. The highest BCUT2D eigenvalue weighted by Crippen LogP contribution is 2.57. The molecule has 4 fully saturated rings. The first kappa shape index (κ1) is 8.45. The molecule has 3 nitrogen and oxygen atoms in total. The van der Waals surface area contributed by atoms with Gasteiger partial charge in [-0.05, 0) is 43.9 Å². The van der Waals surface area contributed by atoms with Gasteiger partial charge in [0.05, 0.1) is 0 Å². The fraction of sp³-hybridized carbons (Fsp3) is 0.818. The summed E-state index contributed by atoms with van der Waals surface area (Å²) in [6.07, 6.45) is 4.75. The smallest absolute Gasteiger partial charge is 0.231 e. The first-order valence-corrected chi connectivity index (χ1v) is 5.46. The van der Waals surface area contributed by atoms with E-state index in [4.69, 9.17) is 5.73 Å². The number of nitrogens with two attached hydrogens (primary N) is 1. The minimum atomic E-state index is -0.741. The molecule has 0 aromatic rings. The molecule has 0 heterocycles. The van der Waals surface area contributed by atoms with E-state index >= 15 is 0 Å².